The van der Waals surface area contributed by atoms with Crippen LogP contribution < -0.4 is 9.64 Å². The van der Waals surface area contributed by atoms with Crippen molar-refractivity contribution in [2.24, 2.45) is 0 Å². The highest BCUT2D eigenvalue weighted by Crippen LogP contribution is 2.45. The van der Waals surface area contributed by atoms with Gasteiger partial charge in [0.15, 0.2) is 0 Å². The topological polar surface area (TPSA) is 66.8 Å². The molecule has 0 aliphatic carbocycles. The molecule has 2 heterocycles. The van der Waals surface area contributed by atoms with Gasteiger partial charge in [0, 0.05) is 21.2 Å². The summed E-state index contributed by atoms with van der Waals surface area (Å²) in [5.41, 5.74) is 1.92. The maximum absolute atomic E-state index is 13.2. The molecule has 0 bridgehead atoms. The molecule has 1 fully saturated rings. The normalized spacial score (nSPS) is 17.9. The van der Waals surface area contributed by atoms with E-state index < -0.39 is 17.7 Å². The molecule has 1 amide bonds. The fourth-order valence-corrected chi connectivity index (χ4v) is 4.97. The van der Waals surface area contributed by atoms with Gasteiger partial charge in [-0.25, -0.2) is 0 Å². The number of hydrogen-bond donors (Lipinski definition) is 1. The summed E-state index contributed by atoms with van der Waals surface area (Å²) in [7, 11) is 0. The van der Waals surface area contributed by atoms with E-state index in [1.807, 2.05) is 32.2 Å². The van der Waals surface area contributed by atoms with Crippen molar-refractivity contribution in [1.29, 1.82) is 0 Å². The number of aliphatic hydroxyl groups is 1. The van der Waals surface area contributed by atoms with Crippen LogP contribution in [0.4, 0.5) is 5.69 Å². The number of nitrogens with zero attached hydrogens (tertiary/aromatic N) is 1. The summed E-state index contributed by atoms with van der Waals surface area (Å²) in [6.45, 7) is 5.77. The molecule has 32 heavy (non-hydrogen) atoms. The summed E-state index contributed by atoms with van der Waals surface area (Å²) in [6, 6.07) is 14.8. The Morgan fingerprint density at radius 3 is 2.44 bits per heavy atom. The fraction of sp³-hybridized carbons (Fsp3) is 0.200. The number of anilines is 1. The third kappa shape index (κ3) is 4.04. The Morgan fingerprint density at radius 2 is 1.84 bits per heavy atom. The molecule has 1 aliphatic heterocycles. The van der Waals surface area contributed by atoms with Crippen molar-refractivity contribution in [3.63, 3.8) is 0 Å². The minimum atomic E-state index is -0.750. The second-order valence-electron chi connectivity index (χ2n) is 7.81. The zero-order valence-electron chi connectivity index (χ0n) is 17.8. The van der Waals surface area contributed by atoms with Crippen LogP contribution in [-0.4, -0.2) is 22.9 Å². The summed E-state index contributed by atoms with van der Waals surface area (Å²) >= 11 is 7.60. The lowest BCUT2D eigenvalue weighted by Gasteiger charge is -2.25. The molecule has 2 aromatic carbocycles. The molecule has 7 heteroatoms. The third-order valence-electron chi connectivity index (χ3n) is 5.18. The van der Waals surface area contributed by atoms with Crippen LogP contribution in [-0.2, 0) is 9.59 Å². The second kappa shape index (κ2) is 8.81. The fourth-order valence-electron chi connectivity index (χ4n) is 3.76. The lowest BCUT2D eigenvalue weighted by atomic mass is 9.98. The van der Waals surface area contributed by atoms with E-state index in [0.717, 1.165) is 10.4 Å². The molecule has 0 radical (unpaired) electrons. The van der Waals surface area contributed by atoms with Crippen molar-refractivity contribution in [3.05, 3.63) is 86.6 Å². The van der Waals surface area contributed by atoms with Crippen LogP contribution in [0.15, 0.2) is 65.6 Å². The second-order valence-corrected chi connectivity index (χ2v) is 9.19. The summed E-state index contributed by atoms with van der Waals surface area (Å²) < 4.78 is 5.66. The number of thiophene rings is 1. The molecule has 1 unspecified atom stereocenters. The van der Waals surface area contributed by atoms with Gasteiger partial charge in [0.05, 0.1) is 11.7 Å². The Morgan fingerprint density at radius 1 is 1.12 bits per heavy atom. The SMILES string of the molecule is Cc1ccsc1C1/C(=C(/O)c2ccc(OC(C)C)cc2)C(=O)C(=O)N1c1cccc(Cl)c1. The van der Waals surface area contributed by atoms with Crippen molar-refractivity contribution in [1.82, 2.24) is 0 Å². The van der Waals surface area contributed by atoms with Gasteiger partial charge in [-0.1, -0.05) is 17.7 Å². The molecule has 0 spiro atoms. The number of carbonyl (C=O) groups is 2. The first kappa shape index (κ1) is 22.1. The number of rotatable bonds is 5. The molecule has 3 aromatic rings. The van der Waals surface area contributed by atoms with Gasteiger partial charge in [-0.05, 0) is 80.2 Å². The zero-order chi connectivity index (χ0) is 23.0. The van der Waals surface area contributed by atoms with Gasteiger partial charge in [-0.15, -0.1) is 11.3 Å². The highest BCUT2D eigenvalue weighted by molar-refractivity contribution is 7.10. The number of aliphatic hydroxyl groups excluding tert-OH is 1. The predicted octanol–water partition coefficient (Wildman–Crippen LogP) is 6.12. The van der Waals surface area contributed by atoms with Gasteiger partial charge in [0.25, 0.3) is 11.7 Å². The van der Waals surface area contributed by atoms with Crippen LogP contribution >= 0.6 is 22.9 Å². The van der Waals surface area contributed by atoms with E-state index in [1.54, 1.807) is 48.5 Å². The number of amides is 1. The number of hydrogen-bond acceptors (Lipinski definition) is 5. The van der Waals surface area contributed by atoms with Crippen molar-refractivity contribution < 1.29 is 19.4 Å². The first-order chi connectivity index (χ1) is 15.3. The van der Waals surface area contributed by atoms with Gasteiger partial charge >= 0.3 is 0 Å². The maximum atomic E-state index is 13.2. The summed E-state index contributed by atoms with van der Waals surface area (Å²) in [4.78, 5) is 28.5. The number of ketones is 1. The van der Waals surface area contributed by atoms with Gasteiger partial charge in [-0.3, -0.25) is 14.5 Å². The van der Waals surface area contributed by atoms with E-state index in [1.165, 1.54) is 16.2 Å². The van der Waals surface area contributed by atoms with E-state index in [4.69, 9.17) is 16.3 Å². The number of aryl methyl sites for hydroxylation is 1. The van der Waals surface area contributed by atoms with Gasteiger partial charge < -0.3 is 9.84 Å². The molecule has 1 saturated heterocycles. The largest absolute Gasteiger partial charge is 0.507 e. The summed E-state index contributed by atoms with van der Waals surface area (Å²) in [6.07, 6.45) is 0.0132. The van der Waals surface area contributed by atoms with Crippen LogP contribution in [0.1, 0.15) is 35.9 Å². The maximum Gasteiger partial charge on any atom is 0.300 e. The van der Waals surface area contributed by atoms with Crippen LogP contribution in [0.5, 0.6) is 5.75 Å². The number of halogens is 1. The minimum Gasteiger partial charge on any atom is -0.507 e. The van der Waals surface area contributed by atoms with Gasteiger partial charge in [-0.2, -0.15) is 0 Å². The van der Waals surface area contributed by atoms with E-state index in [0.29, 0.717) is 22.0 Å². The number of ether oxygens (including phenoxy) is 1. The van der Waals surface area contributed by atoms with E-state index in [9.17, 15) is 14.7 Å². The van der Waals surface area contributed by atoms with Crippen LogP contribution in [0.2, 0.25) is 5.02 Å². The van der Waals surface area contributed by atoms with Crippen LogP contribution in [0.3, 0.4) is 0 Å². The highest BCUT2D eigenvalue weighted by atomic mass is 35.5. The summed E-state index contributed by atoms with van der Waals surface area (Å²) in [5.74, 6) is -1.00. The Bertz CT molecular complexity index is 1210. The van der Waals surface area contributed by atoms with E-state index >= 15 is 0 Å². The Balaban J connectivity index is 1.86. The Hall–Kier alpha value is -3.09. The minimum absolute atomic E-state index is 0.0132. The number of carbonyl (C=O) groups excluding carboxylic acids is 2. The molecule has 0 saturated carbocycles. The lowest BCUT2D eigenvalue weighted by molar-refractivity contribution is -0.132. The molecule has 1 atom stereocenters. The van der Waals surface area contributed by atoms with Crippen LogP contribution in [0, 0.1) is 6.92 Å². The average molecular weight is 468 g/mol. The molecular formula is C25H22ClNO4S. The Labute approximate surface area is 195 Å². The van der Waals surface area contributed by atoms with Crippen molar-refractivity contribution >= 4 is 46.1 Å². The first-order valence-corrected chi connectivity index (χ1v) is 11.4. The zero-order valence-corrected chi connectivity index (χ0v) is 19.4. The smallest absolute Gasteiger partial charge is 0.300 e. The van der Waals surface area contributed by atoms with Gasteiger partial charge in [0.2, 0.25) is 0 Å². The molecular weight excluding hydrogens is 446 g/mol. The molecule has 164 valence electrons. The van der Waals surface area contributed by atoms with E-state index in [2.05, 4.69) is 0 Å². The third-order valence-corrected chi connectivity index (χ3v) is 6.49. The highest BCUT2D eigenvalue weighted by Gasteiger charge is 2.47. The lowest BCUT2D eigenvalue weighted by Crippen LogP contribution is -2.29. The van der Waals surface area contributed by atoms with Crippen molar-refractivity contribution in [2.45, 2.75) is 32.9 Å². The summed E-state index contributed by atoms with van der Waals surface area (Å²) in [5, 5.41) is 13.5. The van der Waals surface area contributed by atoms with Crippen molar-refractivity contribution in [2.75, 3.05) is 4.90 Å². The average Bonchev–Trinajstić information content (AvgIpc) is 3.28. The van der Waals surface area contributed by atoms with Crippen LogP contribution in [0.25, 0.3) is 5.76 Å². The molecule has 1 aromatic heterocycles. The van der Waals surface area contributed by atoms with Crippen molar-refractivity contribution in [3.8, 4) is 5.75 Å². The standard InChI is InChI=1S/C25H22ClNO4S/c1-14(2)31-19-9-7-16(8-10-19)22(28)20-21(24-15(3)11-12-32-24)27(25(30)23(20)29)18-6-4-5-17(26)13-18/h4-14,21,28H,1-3H3/b22-20-. The van der Waals surface area contributed by atoms with E-state index in [-0.39, 0.29) is 17.4 Å². The van der Waals surface area contributed by atoms with Gasteiger partial charge in [0.1, 0.15) is 17.6 Å². The molecule has 4 rings (SSSR count). The number of benzene rings is 2. The molecule has 1 aliphatic rings. The predicted molar refractivity (Wildman–Crippen MR) is 127 cm³/mol. The molecule has 5 nitrogen and oxygen atoms in total. The quantitative estimate of drug-likeness (QED) is 0.278. The first-order valence-electron chi connectivity index (χ1n) is 10.2. The number of Topliss-reactive ketones (excluding diaryl/α,β-unsaturated/α-hetero) is 1. The monoisotopic (exact) mass is 467 g/mol. The Kier molecular flexibility index (Phi) is 6.09. The molecule has 1 N–H and O–H groups in total.